The lowest BCUT2D eigenvalue weighted by molar-refractivity contribution is 0.716. The number of fused-ring (bicyclic) bond motifs is 1. The molecule has 0 atom stereocenters. The van der Waals surface area contributed by atoms with Crippen LogP contribution in [0, 0.1) is 6.92 Å². The second kappa shape index (κ2) is 3.81. The van der Waals surface area contributed by atoms with Crippen LogP contribution in [0.15, 0.2) is 28.9 Å². The van der Waals surface area contributed by atoms with Crippen LogP contribution >= 0.6 is 11.3 Å². The van der Waals surface area contributed by atoms with Gasteiger partial charge in [-0.05, 0) is 17.9 Å². The molecule has 0 aliphatic carbocycles. The molecular formula is C11H10N4OS. The fraction of sp³-hybridized carbons (Fsp3) is 0.182. The number of thiophene rings is 1. The van der Waals surface area contributed by atoms with Crippen molar-refractivity contribution in [3.63, 3.8) is 0 Å². The van der Waals surface area contributed by atoms with Gasteiger partial charge in [0.1, 0.15) is 10.5 Å². The highest BCUT2D eigenvalue weighted by Crippen LogP contribution is 2.19. The number of nitrogens with zero attached hydrogens (tertiary/aromatic N) is 3. The van der Waals surface area contributed by atoms with E-state index in [4.69, 9.17) is 0 Å². The quantitative estimate of drug-likeness (QED) is 0.746. The molecule has 0 saturated heterocycles. The van der Waals surface area contributed by atoms with E-state index < -0.39 is 0 Å². The van der Waals surface area contributed by atoms with Crippen LogP contribution in [0.4, 0.5) is 0 Å². The number of nitrogens with one attached hydrogen (secondary N) is 1. The van der Waals surface area contributed by atoms with E-state index in [0.29, 0.717) is 11.2 Å². The van der Waals surface area contributed by atoms with Crippen molar-refractivity contribution in [2.45, 2.75) is 13.5 Å². The van der Waals surface area contributed by atoms with Gasteiger partial charge in [0.05, 0.1) is 18.4 Å². The van der Waals surface area contributed by atoms with E-state index >= 15 is 0 Å². The smallest absolute Gasteiger partial charge is 0.271 e. The number of aryl methyl sites for hydroxylation is 1. The Labute approximate surface area is 101 Å². The number of imidazole rings is 1. The van der Waals surface area contributed by atoms with Gasteiger partial charge in [-0.3, -0.25) is 9.36 Å². The Morgan fingerprint density at radius 1 is 1.47 bits per heavy atom. The fourth-order valence-electron chi connectivity index (χ4n) is 1.72. The Morgan fingerprint density at radius 2 is 2.35 bits per heavy atom. The number of aromatic amines is 1. The third-order valence-electron chi connectivity index (χ3n) is 2.60. The van der Waals surface area contributed by atoms with Crippen LogP contribution in [0.2, 0.25) is 0 Å². The van der Waals surface area contributed by atoms with E-state index in [1.807, 2.05) is 12.3 Å². The molecule has 0 aromatic carbocycles. The van der Waals surface area contributed by atoms with Gasteiger partial charge in [-0.25, -0.2) is 9.97 Å². The largest absolute Gasteiger partial charge is 0.347 e. The van der Waals surface area contributed by atoms with Gasteiger partial charge in [0, 0.05) is 12.4 Å². The lowest BCUT2D eigenvalue weighted by Gasteiger charge is -2.02. The first-order valence-electron chi connectivity index (χ1n) is 5.17. The third kappa shape index (κ3) is 1.66. The number of rotatable bonds is 2. The zero-order chi connectivity index (χ0) is 11.8. The van der Waals surface area contributed by atoms with Crippen LogP contribution in [0.5, 0.6) is 0 Å². The van der Waals surface area contributed by atoms with Crippen LogP contribution in [-0.4, -0.2) is 19.5 Å². The van der Waals surface area contributed by atoms with Gasteiger partial charge in [0.15, 0.2) is 0 Å². The lowest BCUT2D eigenvalue weighted by Crippen LogP contribution is -2.20. The molecular weight excluding hydrogens is 236 g/mol. The first-order chi connectivity index (χ1) is 8.25. The molecule has 86 valence electrons. The monoisotopic (exact) mass is 246 g/mol. The molecule has 0 bridgehead atoms. The maximum atomic E-state index is 12.2. The van der Waals surface area contributed by atoms with Gasteiger partial charge < -0.3 is 4.98 Å². The SMILES string of the molecule is Cc1csc2c(=O)n(Cc3ncc[nH]3)cnc12. The summed E-state index contributed by atoms with van der Waals surface area (Å²) in [5.41, 5.74) is 1.84. The molecule has 0 spiro atoms. The minimum absolute atomic E-state index is 0.00972. The van der Waals surface area contributed by atoms with E-state index in [9.17, 15) is 4.79 Å². The van der Waals surface area contributed by atoms with Gasteiger partial charge in [-0.2, -0.15) is 0 Å². The second-order valence-corrected chi connectivity index (χ2v) is 4.69. The highest BCUT2D eigenvalue weighted by molar-refractivity contribution is 7.17. The fourth-order valence-corrected chi connectivity index (χ4v) is 2.67. The van der Waals surface area contributed by atoms with E-state index in [1.54, 1.807) is 23.3 Å². The van der Waals surface area contributed by atoms with Crippen molar-refractivity contribution in [2.24, 2.45) is 0 Å². The Balaban J connectivity index is 2.12. The number of hydrogen-bond acceptors (Lipinski definition) is 4. The summed E-state index contributed by atoms with van der Waals surface area (Å²) in [7, 11) is 0. The Bertz CT molecular complexity index is 711. The summed E-state index contributed by atoms with van der Waals surface area (Å²) in [5, 5.41) is 1.95. The minimum Gasteiger partial charge on any atom is -0.347 e. The van der Waals surface area contributed by atoms with Crippen LogP contribution in [0.25, 0.3) is 10.2 Å². The molecule has 0 amide bonds. The summed E-state index contributed by atoms with van der Waals surface area (Å²) in [4.78, 5) is 23.5. The second-order valence-electron chi connectivity index (χ2n) is 3.81. The van der Waals surface area contributed by atoms with Crippen LogP contribution in [0.1, 0.15) is 11.4 Å². The van der Waals surface area contributed by atoms with Crippen molar-refractivity contribution in [1.29, 1.82) is 0 Å². The van der Waals surface area contributed by atoms with Gasteiger partial charge in [-0.15, -0.1) is 11.3 Å². The average Bonchev–Trinajstić information content (AvgIpc) is 2.93. The summed E-state index contributed by atoms with van der Waals surface area (Å²) in [6.45, 7) is 2.38. The molecule has 0 aliphatic heterocycles. The van der Waals surface area contributed by atoms with E-state index in [0.717, 1.165) is 16.9 Å². The average molecular weight is 246 g/mol. The van der Waals surface area contributed by atoms with Crippen LogP contribution in [0.3, 0.4) is 0 Å². The number of aromatic nitrogens is 4. The standard InChI is InChI=1S/C11H10N4OS/c1-7-5-17-10-9(7)14-6-15(11(10)16)4-8-12-2-3-13-8/h2-3,5-6H,4H2,1H3,(H,12,13). The maximum absolute atomic E-state index is 12.2. The first kappa shape index (κ1) is 10.2. The molecule has 0 radical (unpaired) electrons. The summed E-state index contributed by atoms with van der Waals surface area (Å²) >= 11 is 1.44. The zero-order valence-corrected chi connectivity index (χ0v) is 9.99. The van der Waals surface area contributed by atoms with Gasteiger partial charge >= 0.3 is 0 Å². The molecule has 0 unspecified atom stereocenters. The first-order valence-corrected chi connectivity index (χ1v) is 6.05. The predicted octanol–water partition coefficient (Wildman–Crippen LogP) is 1.54. The molecule has 3 rings (SSSR count). The van der Waals surface area contributed by atoms with Gasteiger partial charge in [0.2, 0.25) is 0 Å². The topological polar surface area (TPSA) is 63.6 Å². The Morgan fingerprint density at radius 3 is 3.12 bits per heavy atom. The predicted molar refractivity (Wildman–Crippen MR) is 66.3 cm³/mol. The van der Waals surface area contributed by atoms with Crippen LogP contribution < -0.4 is 5.56 Å². The summed E-state index contributed by atoms with van der Waals surface area (Å²) in [5.74, 6) is 0.751. The highest BCUT2D eigenvalue weighted by atomic mass is 32.1. The van der Waals surface area contributed by atoms with E-state index in [2.05, 4.69) is 15.0 Å². The maximum Gasteiger partial charge on any atom is 0.271 e. The van der Waals surface area contributed by atoms with Crippen LogP contribution in [-0.2, 0) is 6.54 Å². The van der Waals surface area contributed by atoms with Crippen molar-refractivity contribution < 1.29 is 0 Å². The lowest BCUT2D eigenvalue weighted by atomic mass is 10.3. The molecule has 0 aliphatic rings. The summed E-state index contributed by atoms with van der Waals surface area (Å²) in [6, 6.07) is 0. The molecule has 3 aromatic heterocycles. The number of hydrogen-bond donors (Lipinski definition) is 1. The molecule has 1 N–H and O–H groups in total. The van der Waals surface area contributed by atoms with Crippen molar-refractivity contribution in [2.75, 3.05) is 0 Å². The molecule has 0 saturated carbocycles. The van der Waals surface area contributed by atoms with Crippen molar-refractivity contribution >= 4 is 21.6 Å². The highest BCUT2D eigenvalue weighted by Gasteiger charge is 2.08. The molecule has 6 heteroatoms. The molecule has 5 nitrogen and oxygen atoms in total. The van der Waals surface area contributed by atoms with E-state index in [1.165, 1.54) is 11.3 Å². The Kier molecular flexibility index (Phi) is 2.29. The molecule has 17 heavy (non-hydrogen) atoms. The summed E-state index contributed by atoms with van der Waals surface area (Å²) in [6.07, 6.45) is 4.98. The van der Waals surface area contributed by atoms with Crippen molar-refractivity contribution in [3.05, 3.63) is 45.8 Å². The van der Waals surface area contributed by atoms with Gasteiger partial charge in [-0.1, -0.05) is 0 Å². The van der Waals surface area contributed by atoms with Crippen molar-refractivity contribution in [1.82, 2.24) is 19.5 Å². The van der Waals surface area contributed by atoms with Gasteiger partial charge in [0.25, 0.3) is 5.56 Å². The normalized spacial score (nSPS) is 11.1. The Hall–Kier alpha value is -1.95. The van der Waals surface area contributed by atoms with E-state index in [-0.39, 0.29) is 5.56 Å². The zero-order valence-electron chi connectivity index (χ0n) is 9.17. The minimum atomic E-state index is -0.00972. The summed E-state index contributed by atoms with van der Waals surface area (Å²) < 4.78 is 2.27. The third-order valence-corrected chi connectivity index (χ3v) is 3.67. The molecule has 3 aromatic rings. The molecule has 3 heterocycles. The molecule has 0 fully saturated rings. The number of H-pyrrole nitrogens is 1. The van der Waals surface area contributed by atoms with Crippen molar-refractivity contribution in [3.8, 4) is 0 Å².